The lowest BCUT2D eigenvalue weighted by Gasteiger charge is -2.22. The molecular formula is C11H18N4O2. The van der Waals surface area contributed by atoms with Crippen LogP contribution in [-0.2, 0) is 11.8 Å². The van der Waals surface area contributed by atoms with Crippen molar-refractivity contribution in [3.05, 3.63) is 12.4 Å². The predicted molar refractivity (Wildman–Crippen MR) is 63.7 cm³/mol. The van der Waals surface area contributed by atoms with Crippen molar-refractivity contribution in [2.45, 2.75) is 12.5 Å². The molecular weight excluding hydrogens is 220 g/mol. The largest absolute Gasteiger partial charge is 0.395 e. The van der Waals surface area contributed by atoms with Crippen LogP contribution in [0.15, 0.2) is 12.4 Å². The molecule has 2 rings (SSSR count). The van der Waals surface area contributed by atoms with E-state index in [1.54, 1.807) is 15.8 Å². The Morgan fingerprint density at radius 1 is 1.65 bits per heavy atom. The molecule has 0 radical (unpaired) electrons. The molecule has 1 fully saturated rings. The van der Waals surface area contributed by atoms with Gasteiger partial charge in [-0.3, -0.25) is 14.4 Å². The first-order chi connectivity index (χ1) is 8.13. The number of carbonyl (C=O) groups is 1. The maximum Gasteiger partial charge on any atom is 0.244 e. The molecule has 6 nitrogen and oxygen atoms in total. The number of aliphatic hydroxyl groups is 1. The Morgan fingerprint density at radius 3 is 3.00 bits per heavy atom. The summed E-state index contributed by atoms with van der Waals surface area (Å²) in [4.78, 5) is 15.9. The van der Waals surface area contributed by atoms with E-state index in [1.165, 1.54) is 0 Å². The van der Waals surface area contributed by atoms with Crippen molar-refractivity contribution in [3.63, 3.8) is 0 Å². The highest BCUT2D eigenvalue weighted by Gasteiger charge is 2.35. The Morgan fingerprint density at radius 2 is 2.41 bits per heavy atom. The van der Waals surface area contributed by atoms with E-state index >= 15 is 0 Å². The number of amides is 1. The molecule has 0 spiro atoms. The molecule has 0 saturated carbocycles. The fourth-order valence-corrected chi connectivity index (χ4v) is 2.19. The second kappa shape index (κ2) is 4.85. The Labute approximate surface area is 100 Å². The van der Waals surface area contributed by atoms with E-state index in [2.05, 4.69) is 5.10 Å². The van der Waals surface area contributed by atoms with Crippen LogP contribution in [0.5, 0.6) is 0 Å². The monoisotopic (exact) mass is 238 g/mol. The number of aryl methyl sites for hydroxylation is 1. The van der Waals surface area contributed by atoms with Gasteiger partial charge in [-0.25, -0.2) is 0 Å². The lowest BCUT2D eigenvalue weighted by atomic mass is 10.2. The Kier molecular flexibility index (Phi) is 3.44. The van der Waals surface area contributed by atoms with E-state index in [0.717, 1.165) is 12.1 Å². The van der Waals surface area contributed by atoms with Gasteiger partial charge >= 0.3 is 0 Å². The van der Waals surface area contributed by atoms with Crippen LogP contribution < -0.4 is 4.90 Å². The average Bonchev–Trinajstić information content (AvgIpc) is 2.85. The van der Waals surface area contributed by atoms with Crippen molar-refractivity contribution >= 4 is 11.6 Å². The van der Waals surface area contributed by atoms with Gasteiger partial charge in [0.15, 0.2) is 0 Å². The average molecular weight is 238 g/mol. The normalized spacial score (nSPS) is 20.6. The SMILES string of the molecule is CN(CCO)C1CCN(c2cnn(C)c2)C1=O. The molecule has 17 heavy (non-hydrogen) atoms. The number of hydrogen-bond donors (Lipinski definition) is 1. The van der Waals surface area contributed by atoms with Crippen molar-refractivity contribution in [3.8, 4) is 0 Å². The van der Waals surface area contributed by atoms with Crippen molar-refractivity contribution in [2.24, 2.45) is 7.05 Å². The minimum Gasteiger partial charge on any atom is -0.395 e. The van der Waals surface area contributed by atoms with E-state index in [9.17, 15) is 4.79 Å². The molecule has 1 unspecified atom stereocenters. The van der Waals surface area contributed by atoms with Gasteiger partial charge in [0.1, 0.15) is 0 Å². The number of likely N-dealkylation sites (N-methyl/N-ethyl adjacent to an activating group) is 1. The van der Waals surface area contributed by atoms with Crippen LogP contribution in [0, 0.1) is 0 Å². The van der Waals surface area contributed by atoms with Gasteiger partial charge in [0.25, 0.3) is 0 Å². The first-order valence-electron chi connectivity index (χ1n) is 5.74. The number of nitrogens with zero attached hydrogens (tertiary/aromatic N) is 4. The molecule has 2 heterocycles. The summed E-state index contributed by atoms with van der Waals surface area (Å²) in [6.07, 6.45) is 4.34. The summed E-state index contributed by atoms with van der Waals surface area (Å²) in [5.74, 6) is 0.0916. The zero-order valence-corrected chi connectivity index (χ0v) is 10.2. The van der Waals surface area contributed by atoms with Crippen LogP contribution in [-0.4, -0.2) is 58.5 Å². The fourth-order valence-electron chi connectivity index (χ4n) is 2.19. The quantitative estimate of drug-likeness (QED) is 0.764. The molecule has 1 N–H and O–H groups in total. The van der Waals surface area contributed by atoms with E-state index < -0.39 is 0 Å². The fraction of sp³-hybridized carbons (Fsp3) is 0.636. The third-order valence-electron chi connectivity index (χ3n) is 3.16. The molecule has 94 valence electrons. The van der Waals surface area contributed by atoms with Gasteiger partial charge in [-0.15, -0.1) is 0 Å². The van der Waals surface area contributed by atoms with E-state index in [1.807, 2.05) is 25.2 Å². The van der Waals surface area contributed by atoms with E-state index in [0.29, 0.717) is 13.1 Å². The first-order valence-corrected chi connectivity index (χ1v) is 5.74. The summed E-state index contributed by atoms with van der Waals surface area (Å²) >= 11 is 0. The van der Waals surface area contributed by atoms with E-state index in [-0.39, 0.29) is 18.6 Å². The van der Waals surface area contributed by atoms with Crippen LogP contribution in [0.4, 0.5) is 5.69 Å². The zero-order valence-electron chi connectivity index (χ0n) is 10.2. The van der Waals surface area contributed by atoms with Gasteiger partial charge in [0.05, 0.1) is 24.5 Å². The van der Waals surface area contributed by atoms with Crippen LogP contribution in [0.25, 0.3) is 0 Å². The maximum absolute atomic E-state index is 12.2. The second-order valence-electron chi connectivity index (χ2n) is 4.37. The minimum atomic E-state index is -0.123. The van der Waals surface area contributed by atoms with Gasteiger partial charge in [0.2, 0.25) is 5.91 Å². The Hall–Kier alpha value is -1.40. The summed E-state index contributed by atoms with van der Waals surface area (Å²) in [5.41, 5.74) is 0.845. The smallest absolute Gasteiger partial charge is 0.244 e. The molecule has 0 aromatic carbocycles. The third kappa shape index (κ3) is 2.32. The van der Waals surface area contributed by atoms with Gasteiger partial charge in [-0.1, -0.05) is 0 Å². The molecule has 1 aromatic rings. The first kappa shape index (κ1) is 12.1. The predicted octanol–water partition coefficient (Wildman–Crippen LogP) is -0.551. The van der Waals surface area contributed by atoms with Gasteiger partial charge in [-0.2, -0.15) is 5.10 Å². The molecule has 0 aliphatic carbocycles. The molecule has 1 aliphatic rings. The molecule has 0 bridgehead atoms. The van der Waals surface area contributed by atoms with Crippen molar-refractivity contribution in [2.75, 3.05) is 31.6 Å². The molecule has 1 aliphatic heterocycles. The third-order valence-corrected chi connectivity index (χ3v) is 3.16. The lowest BCUT2D eigenvalue weighted by molar-refractivity contribution is -0.121. The standard InChI is InChI=1S/C11H18N4O2/c1-13(5-6-16)10-3-4-15(11(10)17)9-7-12-14(2)8-9/h7-8,10,16H,3-6H2,1-2H3. The topological polar surface area (TPSA) is 61.6 Å². The van der Waals surface area contributed by atoms with Crippen molar-refractivity contribution < 1.29 is 9.90 Å². The van der Waals surface area contributed by atoms with E-state index in [4.69, 9.17) is 5.11 Å². The zero-order chi connectivity index (χ0) is 12.4. The molecule has 1 saturated heterocycles. The number of hydrogen-bond acceptors (Lipinski definition) is 4. The molecule has 1 amide bonds. The van der Waals surface area contributed by atoms with Crippen molar-refractivity contribution in [1.82, 2.24) is 14.7 Å². The molecule has 1 aromatic heterocycles. The highest BCUT2D eigenvalue weighted by Crippen LogP contribution is 2.22. The summed E-state index contributed by atoms with van der Waals surface area (Å²) in [6.45, 7) is 1.31. The maximum atomic E-state index is 12.2. The Balaban J connectivity index is 2.07. The summed E-state index contributed by atoms with van der Waals surface area (Å²) in [7, 11) is 3.70. The number of aliphatic hydroxyl groups excluding tert-OH is 1. The number of rotatable bonds is 4. The van der Waals surface area contributed by atoms with Gasteiger partial charge in [0, 0.05) is 26.3 Å². The van der Waals surface area contributed by atoms with Crippen LogP contribution in [0.2, 0.25) is 0 Å². The van der Waals surface area contributed by atoms with Gasteiger partial charge in [-0.05, 0) is 13.5 Å². The van der Waals surface area contributed by atoms with Crippen molar-refractivity contribution in [1.29, 1.82) is 0 Å². The summed E-state index contributed by atoms with van der Waals surface area (Å²) in [6, 6.07) is -0.123. The summed E-state index contributed by atoms with van der Waals surface area (Å²) in [5, 5.41) is 13.0. The Bertz CT molecular complexity index is 404. The number of anilines is 1. The highest BCUT2D eigenvalue weighted by molar-refractivity contribution is 5.99. The second-order valence-corrected chi connectivity index (χ2v) is 4.37. The highest BCUT2D eigenvalue weighted by atomic mass is 16.3. The molecule has 6 heteroatoms. The van der Waals surface area contributed by atoms with Gasteiger partial charge < -0.3 is 10.0 Å². The van der Waals surface area contributed by atoms with Crippen LogP contribution in [0.1, 0.15) is 6.42 Å². The minimum absolute atomic E-state index is 0.0766. The number of carbonyl (C=O) groups excluding carboxylic acids is 1. The van der Waals surface area contributed by atoms with Crippen LogP contribution >= 0.6 is 0 Å². The lowest BCUT2D eigenvalue weighted by Crippen LogP contribution is -2.40. The molecule has 1 atom stereocenters. The number of aromatic nitrogens is 2. The van der Waals surface area contributed by atoms with Crippen LogP contribution in [0.3, 0.4) is 0 Å². The summed E-state index contributed by atoms with van der Waals surface area (Å²) < 4.78 is 1.69.